The fourth-order valence-electron chi connectivity index (χ4n) is 5.91. The van der Waals surface area contributed by atoms with Crippen molar-refractivity contribution >= 4 is 17.8 Å². The van der Waals surface area contributed by atoms with Crippen LogP contribution in [0.25, 0.3) is 11.1 Å². The van der Waals surface area contributed by atoms with E-state index in [1.807, 2.05) is 77.7 Å². The molecular weight excluding hydrogens is 512 g/mol. The molecule has 0 spiro atoms. The predicted octanol–water partition coefficient (Wildman–Crippen LogP) is 5.76. The molecule has 0 saturated heterocycles. The van der Waals surface area contributed by atoms with Crippen LogP contribution >= 0.6 is 0 Å². The smallest absolute Gasteiger partial charge is 0.337 e. The van der Waals surface area contributed by atoms with Crippen molar-refractivity contribution in [3.8, 4) is 11.1 Å². The van der Waals surface area contributed by atoms with Crippen LogP contribution in [-0.2, 0) is 29.0 Å². The number of amides is 2. The van der Waals surface area contributed by atoms with Crippen molar-refractivity contribution in [3.05, 3.63) is 130 Å². The van der Waals surface area contributed by atoms with Gasteiger partial charge in [-0.25, -0.2) is 4.79 Å². The number of benzene rings is 4. The van der Waals surface area contributed by atoms with Gasteiger partial charge in [-0.1, -0.05) is 72.8 Å². The molecule has 41 heavy (non-hydrogen) atoms. The lowest BCUT2D eigenvalue weighted by molar-refractivity contribution is -0.122. The summed E-state index contributed by atoms with van der Waals surface area (Å²) in [6.45, 7) is 1.44. The molecule has 6 heteroatoms. The van der Waals surface area contributed by atoms with Crippen LogP contribution in [0.3, 0.4) is 0 Å². The zero-order valence-electron chi connectivity index (χ0n) is 23.0. The second-order valence-electron chi connectivity index (χ2n) is 10.7. The van der Waals surface area contributed by atoms with Gasteiger partial charge >= 0.3 is 5.97 Å². The van der Waals surface area contributed by atoms with E-state index in [4.69, 9.17) is 4.74 Å². The fraction of sp³-hybridized carbons (Fsp3) is 0.229. The minimum atomic E-state index is -0.381. The van der Waals surface area contributed by atoms with Gasteiger partial charge in [0.1, 0.15) is 0 Å². The number of carbonyl (C=O) groups excluding carboxylic acids is 3. The summed E-state index contributed by atoms with van der Waals surface area (Å²) in [7, 11) is 1.38. The molecular formula is C35H32N2O4. The van der Waals surface area contributed by atoms with Crippen molar-refractivity contribution < 1.29 is 19.1 Å². The lowest BCUT2D eigenvalue weighted by Crippen LogP contribution is -2.37. The van der Waals surface area contributed by atoms with E-state index in [1.54, 1.807) is 6.07 Å². The summed E-state index contributed by atoms with van der Waals surface area (Å²) in [5, 5.41) is 3.17. The van der Waals surface area contributed by atoms with E-state index in [2.05, 4.69) is 23.5 Å². The molecule has 4 aromatic carbocycles. The Labute approximate surface area is 240 Å². The Kier molecular flexibility index (Phi) is 7.38. The van der Waals surface area contributed by atoms with Gasteiger partial charge in [0.25, 0.3) is 5.91 Å². The van der Waals surface area contributed by atoms with Crippen molar-refractivity contribution in [1.82, 2.24) is 10.2 Å². The van der Waals surface area contributed by atoms with E-state index in [0.717, 1.165) is 34.2 Å². The van der Waals surface area contributed by atoms with E-state index in [0.29, 0.717) is 37.2 Å². The van der Waals surface area contributed by atoms with Crippen LogP contribution in [0, 0.1) is 5.92 Å². The molecule has 2 atom stereocenters. The first kappa shape index (κ1) is 26.5. The van der Waals surface area contributed by atoms with Crippen molar-refractivity contribution in [2.24, 2.45) is 5.92 Å². The number of esters is 1. The van der Waals surface area contributed by atoms with Gasteiger partial charge in [-0.2, -0.15) is 0 Å². The lowest BCUT2D eigenvalue weighted by Gasteiger charge is -2.32. The Hall–Kier alpha value is -4.71. The molecule has 206 valence electrons. The number of rotatable bonds is 7. The van der Waals surface area contributed by atoms with E-state index < -0.39 is 0 Å². The Balaban J connectivity index is 1.28. The van der Waals surface area contributed by atoms with Crippen LogP contribution in [0.4, 0.5) is 0 Å². The lowest BCUT2D eigenvalue weighted by atomic mass is 9.87. The summed E-state index contributed by atoms with van der Waals surface area (Å²) in [5.74, 6) is -0.0599. The highest BCUT2D eigenvalue weighted by atomic mass is 16.5. The SMILES string of the molecule is COC(=O)c1cccc(-c2ccc(CNC(=O)[C@@H]3C[C@H]3c3ccccc3)c3c2CCN(C(=O)c2ccccc2)C3)c1. The summed E-state index contributed by atoms with van der Waals surface area (Å²) in [5.41, 5.74) is 7.51. The van der Waals surface area contributed by atoms with Crippen molar-refractivity contribution in [1.29, 1.82) is 0 Å². The average Bonchev–Trinajstić information content (AvgIpc) is 3.85. The quantitative estimate of drug-likeness (QED) is 0.300. The maximum absolute atomic E-state index is 13.4. The van der Waals surface area contributed by atoms with E-state index >= 15 is 0 Å². The number of nitrogens with one attached hydrogen (secondary N) is 1. The number of nitrogens with zero attached hydrogens (tertiary/aromatic N) is 1. The molecule has 1 heterocycles. The summed E-state index contributed by atoms with van der Waals surface area (Å²) in [6.07, 6.45) is 1.54. The first-order chi connectivity index (χ1) is 20.0. The highest BCUT2D eigenvalue weighted by Crippen LogP contribution is 2.47. The van der Waals surface area contributed by atoms with Crippen molar-refractivity contribution in [3.63, 3.8) is 0 Å². The Bertz CT molecular complexity index is 1600. The number of carbonyl (C=O) groups is 3. The Morgan fingerprint density at radius 2 is 1.59 bits per heavy atom. The molecule has 0 aromatic heterocycles. The minimum Gasteiger partial charge on any atom is -0.465 e. The van der Waals surface area contributed by atoms with Gasteiger partial charge in [-0.3, -0.25) is 9.59 Å². The van der Waals surface area contributed by atoms with E-state index in [9.17, 15) is 14.4 Å². The zero-order chi connectivity index (χ0) is 28.3. The number of fused-ring (bicyclic) bond motifs is 1. The van der Waals surface area contributed by atoms with Crippen molar-refractivity contribution in [2.45, 2.75) is 31.8 Å². The molecule has 0 bridgehead atoms. The highest BCUT2D eigenvalue weighted by Gasteiger charge is 2.43. The summed E-state index contributed by atoms with van der Waals surface area (Å²) in [6, 6.07) is 31.1. The van der Waals surface area contributed by atoms with Gasteiger partial charge < -0.3 is 15.0 Å². The molecule has 1 aliphatic heterocycles. The van der Waals surface area contributed by atoms with Gasteiger partial charge in [0.05, 0.1) is 12.7 Å². The maximum atomic E-state index is 13.4. The van der Waals surface area contributed by atoms with E-state index in [-0.39, 0.29) is 29.6 Å². The van der Waals surface area contributed by atoms with Gasteiger partial charge in [0.15, 0.2) is 0 Å². The second-order valence-corrected chi connectivity index (χ2v) is 10.7. The van der Waals surface area contributed by atoms with Crippen LogP contribution in [0.5, 0.6) is 0 Å². The molecule has 6 nitrogen and oxygen atoms in total. The molecule has 1 fully saturated rings. The summed E-state index contributed by atoms with van der Waals surface area (Å²) in [4.78, 5) is 40.5. The molecule has 2 aliphatic rings. The van der Waals surface area contributed by atoms with Gasteiger partial charge in [-0.15, -0.1) is 0 Å². The summed E-state index contributed by atoms with van der Waals surface area (Å²) >= 11 is 0. The average molecular weight is 545 g/mol. The monoisotopic (exact) mass is 544 g/mol. The molecule has 1 saturated carbocycles. The number of ether oxygens (including phenoxy) is 1. The Morgan fingerprint density at radius 3 is 2.34 bits per heavy atom. The third kappa shape index (κ3) is 5.50. The maximum Gasteiger partial charge on any atom is 0.337 e. The first-order valence-corrected chi connectivity index (χ1v) is 14.0. The van der Waals surface area contributed by atoms with Crippen LogP contribution in [0.2, 0.25) is 0 Å². The second kappa shape index (κ2) is 11.4. The predicted molar refractivity (Wildman–Crippen MR) is 157 cm³/mol. The van der Waals surface area contributed by atoms with Gasteiger partial charge in [0.2, 0.25) is 5.91 Å². The molecule has 0 unspecified atom stereocenters. The topological polar surface area (TPSA) is 75.7 Å². The van der Waals surface area contributed by atoms with E-state index in [1.165, 1.54) is 12.7 Å². The van der Waals surface area contributed by atoms with Crippen LogP contribution in [0.1, 0.15) is 55.3 Å². The molecule has 1 aliphatic carbocycles. The van der Waals surface area contributed by atoms with Crippen LogP contribution in [0.15, 0.2) is 97.1 Å². The number of hydrogen-bond acceptors (Lipinski definition) is 4. The third-order valence-corrected chi connectivity index (χ3v) is 8.22. The van der Waals surface area contributed by atoms with Crippen LogP contribution in [-0.4, -0.2) is 36.3 Å². The largest absolute Gasteiger partial charge is 0.465 e. The van der Waals surface area contributed by atoms with Crippen LogP contribution < -0.4 is 5.32 Å². The highest BCUT2D eigenvalue weighted by molar-refractivity contribution is 5.94. The minimum absolute atomic E-state index is 0.00647. The molecule has 2 amide bonds. The standard InChI is InChI=1S/C35H32N2O4/c1-41-35(40)26-14-8-13-25(19-26)28-16-15-27(21-36-33(38)31-20-30(31)23-9-4-2-5-10-23)32-22-37(18-17-29(28)32)34(39)24-11-6-3-7-12-24/h2-16,19,30-31H,17-18,20-22H2,1H3,(H,36,38)/t30-,31+/m0/s1. The Morgan fingerprint density at radius 1 is 0.854 bits per heavy atom. The normalized spacial score (nSPS) is 17.3. The fourth-order valence-corrected chi connectivity index (χ4v) is 5.91. The van der Waals surface area contributed by atoms with Crippen molar-refractivity contribution in [2.75, 3.05) is 13.7 Å². The molecule has 1 N–H and O–H groups in total. The van der Waals surface area contributed by atoms with Gasteiger partial charge in [0, 0.05) is 31.1 Å². The summed E-state index contributed by atoms with van der Waals surface area (Å²) < 4.78 is 4.93. The molecule has 6 rings (SSSR count). The van der Waals surface area contributed by atoms with Gasteiger partial charge in [-0.05, 0) is 76.4 Å². The molecule has 0 radical (unpaired) electrons. The third-order valence-electron chi connectivity index (χ3n) is 8.22. The zero-order valence-corrected chi connectivity index (χ0v) is 23.0. The number of methoxy groups -OCH3 is 1. The number of hydrogen-bond donors (Lipinski definition) is 1. The molecule has 4 aromatic rings. The first-order valence-electron chi connectivity index (χ1n) is 14.0.